The SMILES string of the molecule is N#Cc1ccccc1NC(CO)CCO. The minimum absolute atomic E-state index is 0.00689. The van der Waals surface area contributed by atoms with Crippen LogP contribution in [0, 0.1) is 11.3 Å². The Morgan fingerprint density at radius 3 is 2.67 bits per heavy atom. The van der Waals surface area contributed by atoms with Gasteiger partial charge in [0.15, 0.2) is 0 Å². The summed E-state index contributed by atoms with van der Waals surface area (Å²) in [6.07, 6.45) is 0.455. The molecule has 1 rings (SSSR count). The number of hydrogen-bond acceptors (Lipinski definition) is 4. The first-order valence-electron chi connectivity index (χ1n) is 4.79. The van der Waals surface area contributed by atoms with E-state index < -0.39 is 0 Å². The number of nitrogens with one attached hydrogen (secondary N) is 1. The van der Waals surface area contributed by atoms with Crippen molar-refractivity contribution in [2.75, 3.05) is 18.5 Å². The van der Waals surface area contributed by atoms with Crippen molar-refractivity contribution in [2.24, 2.45) is 0 Å². The molecule has 0 saturated heterocycles. The average Bonchev–Trinajstić information content (AvgIpc) is 2.29. The highest BCUT2D eigenvalue weighted by Crippen LogP contribution is 2.15. The van der Waals surface area contributed by atoms with Gasteiger partial charge in [0.2, 0.25) is 0 Å². The molecule has 1 aromatic rings. The molecule has 0 aliphatic carbocycles. The molecule has 1 aromatic carbocycles. The largest absolute Gasteiger partial charge is 0.396 e. The van der Waals surface area contributed by atoms with E-state index in [-0.39, 0.29) is 19.3 Å². The first-order valence-corrected chi connectivity index (χ1v) is 4.79. The van der Waals surface area contributed by atoms with E-state index in [9.17, 15) is 0 Å². The third-order valence-corrected chi connectivity index (χ3v) is 2.11. The summed E-state index contributed by atoms with van der Waals surface area (Å²) in [7, 11) is 0. The monoisotopic (exact) mass is 206 g/mol. The second kappa shape index (κ2) is 6.02. The molecule has 0 fully saturated rings. The van der Waals surface area contributed by atoms with Crippen LogP contribution < -0.4 is 5.32 Å². The number of aliphatic hydroxyl groups excluding tert-OH is 2. The fraction of sp³-hybridized carbons (Fsp3) is 0.364. The molecule has 0 aromatic heterocycles. The predicted molar refractivity (Wildman–Crippen MR) is 57.4 cm³/mol. The molecule has 0 bridgehead atoms. The van der Waals surface area contributed by atoms with E-state index in [0.29, 0.717) is 17.7 Å². The van der Waals surface area contributed by atoms with Gasteiger partial charge in [-0.2, -0.15) is 5.26 Å². The molecule has 1 unspecified atom stereocenters. The first kappa shape index (κ1) is 11.5. The molecule has 0 aliphatic heterocycles. The highest BCUT2D eigenvalue weighted by Gasteiger charge is 2.08. The number of benzene rings is 1. The van der Waals surface area contributed by atoms with Gasteiger partial charge in [-0.25, -0.2) is 0 Å². The summed E-state index contributed by atoms with van der Waals surface area (Å²) in [6.45, 7) is -0.0622. The Kier molecular flexibility index (Phi) is 4.61. The normalized spacial score (nSPS) is 11.8. The molecule has 4 heteroatoms. The van der Waals surface area contributed by atoms with Crippen LogP contribution in [0.1, 0.15) is 12.0 Å². The van der Waals surface area contributed by atoms with Crippen LogP contribution in [0.3, 0.4) is 0 Å². The van der Waals surface area contributed by atoms with Crippen LogP contribution in [-0.4, -0.2) is 29.5 Å². The Labute approximate surface area is 88.8 Å². The summed E-state index contributed by atoms with van der Waals surface area (Å²) in [5, 5.41) is 29.6. The summed E-state index contributed by atoms with van der Waals surface area (Å²) in [6, 6.07) is 8.92. The van der Waals surface area contributed by atoms with Crippen LogP contribution >= 0.6 is 0 Å². The molecule has 15 heavy (non-hydrogen) atoms. The van der Waals surface area contributed by atoms with Gasteiger partial charge < -0.3 is 15.5 Å². The summed E-state index contributed by atoms with van der Waals surface area (Å²) in [5.41, 5.74) is 1.22. The van der Waals surface area contributed by atoms with Crippen LogP contribution in [0.2, 0.25) is 0 Å². The lowest BCUT2D eigenvalue weighted by atomic mass is 10.1. The number of aliphatic hydroxyl groups is 2. The number of rotatable bonds is 5. The maximum Gasteiger partial charge on any atom is 0.101 e. The molecule has 80 valence electrons. The van der Waals surface area contributed by atoms with Crippen molar-refractivity contribution in [3.05, 3.63) is 29.8 Å². The quantitative estimate of drug-likeness (QED) is 0.663. The van der Waals surface area contributed by atoms with E-state index >= 15 is 0 Å². The lowest BCUT2D eigenvalue weighted by Crippen LogP contribution is -2.25. The van der Waals surface area contributed by atoms with Gasteiger partial charge in [-0.1, -0.05) is 12.1 Å². The molecule has 3 N–H and O–H groups in total. The fourth-order valence-electron chi connectivity index (χ4n) is 1.29. The van der Waals surface area contributed by atoms with E-state index in [0.717, 1.165) is 0 Å². The minimum atomic E-state index is -0.218. The van der Waals surface area contributed by atoms with Crippen molar-refractivity contribution in [3.8, 4) is 6.07 Å². The van der Waals surface area contributed by atoms with E-state index in [4.69, 9.17) is 15.5 Å². The third-order valence-electron chi connectivity index (χ3n) is 2.11. The molecule has 1 atom stereocenters. The fourth-order valence-corrected chi connectivity index (χ4v) is 1.29. The van der Waals surface area contributed by atoms with E-state index in [1.807, 2.05) is 6.07 Å². The zero-order chi connectivity index (χ0) is 11.1. The second-order valence-corrected chi connectivity index (χ2v) is 3.19. The van der Waals surface area contributed by atoms with Gasteiger partial charge in [-0.3, -0.25) is 0 Å². The lowest BCUT2D eigenvalue weighted by molar-refractivity contribution is 0.229. The van der Waals surface area contributed by atoms with Crippen molar-refractivity contribution < 1.29 is 10.2 Å². The summed E-state index contributed by atoms with van der Waals surface area (Å²) in [4.78, 5) is 0. The van der Waals surface area contributed by atoms with Gasteiger partial charge in [0, 0.05) is 6.61 Å². The maximum absolute atomic E-state index is 9.03. The van der Waals surface area contributed by atoms with Crippen molar-refractivity contribution in [2.45, 2.75) is 12.5 Å². The number of nitrogens with zero attached hydrogens (tertiary/aromatic N) is 1. The summed E-state index contributed by atoms with van der Waals surface area (Å²) in [5.74, 6) is 0. The zero-order valence-corrected chi connectivity index (χ0v) is 8.35. The van der Waals surface area contributed by atoms with Gasteiger partial charge in [0.25, 0.3) is 0 Å². The molecule has 0 aliphatic rings. The van der Waals surface area contributed by atoms with Crippen molar-refractivity contribution in [1.82, 2.24) is 0 Å². The smallest absolute Gasteiger partial charge is 0.101 e. The summed E-state index contributed by atoms with van der Waals surface area (Å²) < 4.78 is 0. The Balaban J connectivity index is 2.74. The molecule has 0 saturated carbocycles. The van der Waals surface area contributed by atoms with Crippen LogP contribution in [0.25, 0.3) is 0 Å². The van der Waals surface area contributed by atoms with Gasteiger partial charge in [-0.15, -0.1) is 0 Å². The lowest BCUT2D eigenvalue weighted by Gasteiger charge is -2.17. The molecule has 0 amide bonds. The van der Waals surface area contributed by atoms with Crippen molar-refractivity contribution in [3.63, 3.8) is 0 Å². The standard InChI is InChI=1S/C11H14N2O2/c12-7-9-3-1-2-4-11(9)13-10(8-15)5-6-14/h1-4,10,13-15H,5-6,8H2. The molecular formula is C11H14N2O2. The minimum Gasteiger partial charge on any atom is -0.396 e. The maximum atomic E-state index is 9.03. The first-order chi connectivity index (χ1) is 7.31. The van der Waals surface area contributed by atoms with Crippen molar-refractivity contribution in [1.29, 1.82) is 5.26 Å². The number of hydrogen-bond donors (Lipinski definition) is 3. The van der Waals surface area contributed by atoms with Crippen molar-refractivity contribution >= 4 is 5.69 Å². The van der Waals surface area contributed by atoms with Crippen LogP contribution in [0.15, 0.2) is 24.3 Å². The molecule has 0 heterocycles. The molecule has 4 nitrogen and oxygen atoms in total. The number of para-hydroxylation sites is 1. The molecule has 0 spiro atoms. The average molecular weight is 206 g/mol. The van der Waals surface area contributed by atoms with Crippen LogP contribution in [0.4, 0.5) is 5.69 Å². The number of nitriles is 1. The Morgan fingerprint density at radius 2 is 2.07 bits per heavy atom. The third kappa shape index (κ3) is 3.24. The van der Waals surface area contributed by atoms with E-state index in [1.54, 1.807) is 18.2 Å². The highest BCUT2D eigenvalue weighted by molar-refractivity contribution is 5.57. The van der Waals surface area contributed by atoms with E-state index in [2.05, 4.69) is 11.4 Å². The highest BCUT2D eigenvalue weighted by atomic mass is 16.3. The topological polar surface area (TPSA) is 76.3 Å². The Hall–Kier alpha value is -1.57. The van der Waals surface area contributed by atoms with Crippen LogP contribution in [0.5, 0.6) is 0 Å². The molecular weight excluding hydrogens is 192 g/mol. The Bertz CT molecular complexity index is 347. The number of anilines is 1. The second-order valence-electron chi connectivity index (χ2n) is 3.19. The van der Waals surface area contributed by atoms with Gasteiger partial charge in [0.05, 0.1) is 23.9 Å². The van der Waals surface area contributed by atoms with Gasteiger partial charge in [0.1, 0.15) is 6.07 Å². The summed E-state index contributed by atoms with van der Waals surface area (Å²) >= 11 is 0. The van der Waals surface area contributed by atoms with E-state index in [1.165, 1.54) is 0 Å². The van der Waals surface area contributed by atoms with Gasteiger partial charge in [-0.05, 0) is 18.6 Å². The molecule has 0 radical (unpaired) electrons. The Morgan fingerprint density at radius 1 is 1.33 bits per heavy atom. The zero-order valence-electron chi connectivity index (χ0n) is 8.35. The van der Waals surface area contributed by atoms with Gasteiger partial charge >= 0.3 is 0 Å². The predicted octanol–water partition coefficient (Wildman–Crippen LogP) is 0.713. The van der Waals surface area contributed by atoms with Crippen LogP contribution in [-0.2, 0) is 0 Å².